The monoisotopic (exact) mass is 453 g/mol. The van der Waals surface area contributed by atoms with Crippen LogP contribution in [-0.2, 0) is 27.9 Å². The Morgan fingerprint density at radius 3 is 2.74 bits per heavy atom. The van der Waals surface area contributed by atoms with E-state index in [0.29, 0.717) is 13.1 Å². The third kappa shape index (κ3) is 3.57. The van der Waals surface area contributed by atoms with Gasteiger partial charge in [-0.15, -0.1) is 0 Å². The van der Waals surface area contributed by atoms with Gasteiger partial charge in [-0.2, -0.15) is 4.37 Å². The molecule has 1 N–H and O–H groups in total. The first-order chi connectivity index (χ1) is 14.9. The molecule has 10 heteroatoms. The van der Waals surface area contributed by atoms with E-state index in [1.54, 1.807) is 23.1 Å². The maximum Gasteiger partial charge on any atom is 0.263 e. The molecule has 0 spiro atoms. The van der Waals surface area contributed by atoms with Crippen molar-refractivity contribution in [3.63, 3.8) is 0 Å². The van der Waals surface area contributed by atoms with Crippen molar-refractivity contribution in [2.45, 2.75) is 31.0 Å². The summed E-state index contributed by atoms with van der Waals surface area (Å²) in [5.41, 5.74) is 2.79. The number of carbonyl (C=O) groups excluding carboxylic acids is 1. The Balaban J connectivity index is 1.36. The van der Waals surface area contributed by atoms with Gasteiger partial charge >= 0.3 is 0 Å². The molecule has 0 saturated carbocycles. The van der Waals surface area contributed by atoms with Crippen molar-refractivity contribution in [1.29, 1.82) is 0 Å². The number of benzene rings is 2. The van der Waals surface area contributed by atoms with Gasteiger partial charge in [0, 0.05) is 36.3 Å². The SMILES string of the molecule is C[C@H](C(=O)N1Cc2ccc(S(=O)(=O)Nc3ncns3)cc2C1)n1ccc2ccccc21. The highest BCUT2D eigenvalue weighted by atomic mass is 32.2. The van der Waals surface area contributed by atoms with Crippen LogP contribution in [0.5, 0.6) is 0 Å². The lowest BCUT2D eigenvalue weighted by atomic mass is 10.1. The molecular formula is C21H19N5O3S2. The third-order valence-electron chi connectivity index (χ3n) is 5.51. The molecule has 3 heterocycles. The molecule has 0 fully saturated rings. The number of aromatic nitrogens is 3. The van der Waals surface area contributed by atoms with Gasteiger partial charge < -0.3 is 9.47 Å². The van der Waals surface area contributed by atoms with Gasteiger partial charge in [0.2, 0.25) is 11.0 Å². The predicted molar refractivity (Wildman–Crippen MR) is 118 cm³/mol. The van der Waals surface area contributed by atoms with Crippen molar-refractivity contribution >= 4 is 43.5 Å². The zero-order valence-corrected chi connectivity index (χ0v) is 18.2. The van der Waals surface area contributed by atoms with E-state index >= 15 is 0 Å². The maximum atomic E-state index is 13.2. The second-order valence-corrected chi connectivity index (χ2v) is 9.90. The molecule has 31 heavy (non-hydrogen) atoms. The van der Waals surface area contributed by atoms with E-state index < -0.39 is 10.0 Å². The van der Waals surface area contributed by atoms with Crippen LogP contribution in [-0.4, -0.2) is 33.1 Å². The standard InChI is InChI=1S/C21H19N5O3S2/c1-14(26-9-8-15-4-2-3-5-19(15)26)20(27)25-11-16-6-7-18(10-17(16)12-25)31(28,29)24-21-22-13-23-30-21/h2-10,13-14H,11-12H2,1H3,(H,22,23,24)/t14-/m1/s1. The summed E-state index contributed by atoms with van der Waals surface area (Å²) >= 11 is 0.970. The van der Waals surface area contributed by atoms with E-state index in [4.69, 9.17) is 0 Å². The summed E-state index contributed by atoms with van der Waals surface area (Å²) < 4.78 is 33.5. The topological polar surface area (TPSA) is 97.2 Å². The largest absolute Gasteiger partial charge is 0.335 e. The minimum Gasteiger partial charge on any atom is -0.335 e. The number of carbonyl (C=O) groups is 1. The summed E-state index contributed by atoms with van der Waals surface area (Å²) in [5.74, 6) is -0.00561. The molecule has 0 unspecified atom stereocenters. The number of sulfonamides is 1. The Hall–Kier alpha value is -3.24. The first-order valence-corrected chi connectivity index (χ1v) is 11.9. The summed E-state index contributed by atoms with van der Waals surface area (Å²) in [6, 6.07) is 14.5. The van der Waals surface area contributed by atoms with E-state index in [1.165, 1.54) is 6.33 Å². The zero-order chi connectivity index (χ0) is 21.6. The number of hydrogen-bond acceptors (Lipinski definition) is 6. The van der Waals surface area contributed by atoms with Crippen LogP contribution >= 0.6 is 11.5 Å². The average molecular weight is 454 g/mol. The second-order valence-electron chi connectivity index (χ2n) is 7.43. The smallest absolute Gasteiger partial charge is 0.263 e. The van der Waals surface area contributed by atoms with E-state index in [-0.39, 0.29) is 22.0 Å². The quantitative estimate of drug-likeness (QED) is 0.500. The molecule has 4 aromatic rings. The molecule has 1 atom stereocenters. The summed E-state index contributed by atoms with van der Waals surface area (Å²) in [6.07, 6.45) is 3.23. The molecule has 0 aliphatic carbocycles. The van der Waals surface area contributed by atoms with Crippen molar-refractivity contribution in [3.8, 4) is 0 Å². The molecule has 0 bridgehead atoms. The molecule has 2 aromatic carbocycles. The highest BCUT2D eigenvalue weighted by molar-refractivity contribution is 7.93. The summed E-state index contributed by atoms with van der Waals surface area (Å²) in [7, 11) is -3.77. The van der Waals surface area contributed by atoms with Gasteiger partial charge in [0.25, 0.3) is 10.0 Å². The van der Waals surface area contributed by atoms with Gasteiger partial charge in [0.15, 0.2) is 0 Å². The van der Waals surface area contributed by atoms with E-state index in [9.17, 15) is 13.2 Å². The van der Waals surface area contributed by atoms with Crippen molar-refractivity contribution in [1.82, 2.24) is 18.8 Å². The molecular weight excluding hydrogens is 434 g/mol. The maximum absolute atomic E-state index is 13.2. The number of anilines is 1. The fourth-order valence-electron chi connectivity index (χ4n) is 3.91. The first kappa shape index (κ1) is 19.7. The van der Waals surface area contributed by atoms with Crippen molar-refractivity contribution < 1.29 is 13.2 Å². The minimum atomic E-state index is -3.77. The highest BCUT2D eigenvalue weighted by Gasteiger charge is 2.29. The van der Waals surface area contributed by atoms with Crippen LogP contribution in [0.4, 0.5) is 5.13 Å². The number of hydrogen-bond donors (Lipinski definition) is 1. The summed E-state index contributed by atoms with van der Waals surface area (Å²) in [4.78, 5) is 19.0. The van der Waals surface area contributed by atoms with E-state index in [1.807, 2.05) is 48.0 Å². The molecule has 0 radical (unpaired) electrons. The molecule has 0 saturated heterocycles. The molecule has 1 aliphatic rings. The lowest BCUT2D eigenvalue weighted by Gasteiger charge is -2.22. The lowest BCUT2D eigenvalue weighted by molar-refractivity contribution is -0.134. The van der Waals surface area contributed by atoms with Crippen LogP contribution in [0, 0.1) is 0 Å². The fraction of sp³-hybridized carbons (Fsp3) is 0.190. The van der Waals surface area contributed by atoms with Gasteiger partial charge in [-0.25, -0.2) is 13.4 Å². The van der Waals surface area contributed by atoms with E-state index in [0.717, 1.165) is 33.6 Å². The zero-order valence-electron chi connectivity index (χ0n) is 16.6. The highest BCUT2D eigenvalue weighted by Crippen LogP contribution is 2.29. The number of para-hydroxylation sites is 1. The van der Waals surface area contributed by atoms with E-state index in [2.05, 4.69) is 14.1 Å². The normalized spacial score (nSPS) is 14.5. The molecule has 1 amide bonds. The lowest BCUT2D eigenvalue weighted by Crippen LogP contribution is -2.32. The number of nitrogens with one attached hydrogen (secondary N) is 1. The Morgan fingerprint density at radius 2 is 1.94 bits per heavy atom. The van der Waals surface area contributed by atoms with Crippen LogP contribution in [0.15, 0.2) is 66.0 Å². The molecule has 158 valence electrons. The average Bonchev–Trinajstić information content (AvgIpc) is 3.50. The van der Waals surface area contributed by atoms with Crippen molar-refractivity contribution in [2.75, 3.05) is 4.72 Å². The van der Waals surface area contributed by atoms with Gasteiger partial charge in [-0.3, -0.25) is 9.52 Å². The molecule has 8 nitrogen and oxygen atoms in total. The number of nitrogens with zero attached hydrogens (tertiary/aromatic N) is 4. The Bertz CT molecular complexity index is 1380. The van der Waals surface area contributed by atoms with Gasteiger partial charge in [0.05, 0.1) is 4.90 Å². The van der Waals surface area contributed by atoms with Gasteiger partial charge in [0.1, 0.15) is 12.4 Å². The van der Waals surface area contributed by atoms with Crippen LogP contribution in [0.25, 0.3) is 10.9 Å². The molecule has 5 rings (SSSR count). The summed E-state index contributed by atoms with van der Waals surface area (Å²) in [6.45, 7) is 2.72. The van der Waals surface area contributed by atoms with Crippen LogP contribution in [0.3, 0.4) is 0 Å². The summed E-state index contributed by atoms with van der Waals surface area (Å²) in [5, 5.41) is 1.30. The van der Waals surface area contributed by atoms with Crippen LogP contribution in [0.2, 0.25) is 0 Å². The first-order valence-electron chi connectivity index (χ1n) is 9.68. The number of amides is 1. The molecule has 2 aromatic heterocycles. The number of rotatable bonds is 5. The predicted octanol–water partition coefficient (Wildman–Crippen LogP) is 3.40. The van der Waals surface area contributed by atoms with Gasteiger partial charge in [-0.1, -0.05) is 24.3 Å². The fourth-order valence-corrected chi connectivity index (χ4v) is 5.62. The van der Waals surface area contributed by atoms with Crippen LogP contribution < -0.4 is 4.72 Å². The third-order valence-corrected chi connectivity index (χ3v) is 7.56. The Morgan fingerprint density at radius 1 is 1.13 bits per heavy atom. The number of fused-ring (bicyclic) bond motifs is 2. The van der Waals surface area contributed by atoms with Crippen molar-refractivity contribution in [3.05, 3.63) is 72.2 Å². The second kappa shape index (κ2) is 7.47. The van der Waals surface area contributed by atoms with Gasteiger partial charge in [-0.05, 0) is 47.7 Å². The van der Waals surface area contributed by atoms with Crippen molar-refractivity contribution in [2.24, 2.45) is 0 Å². The minimum absolute atomic E-state index is 0.00561. The Labute approximate surface area is 183 Å². The van der Waals surface area contributed by atoms with Crippen LogP contribution in [0.1, 0.15) is 24.1 Å². The molecule has 1 aliphatic heterocycles. The Kier molecular flexibility index (Phi) is 4.75.